The van der Waals surface area contributed by atoms with Crippen molar-refractivity contribution in [3.05, 3.63) is 71.6 Å². The molecule has 37 heavy (non-hydrogen) atoms. The number of hydrogen-bond acceptors (Lipinski definition) is 2. The van der Waals surface area contributed by atoms with Gasteiger partial charge in [-0.25, -0.2) is 0 Å². The van der Waals surface area contributed by atoms with E-state index in [2.05, 4.69) is 113 Å². The van der Waals surface area contributed by atoms with Crippen LogP contribution in [0.2, 0.25) is 0 Å². The van der Waals surface area contributed by atoms with Crippen LogP contribution >= 0.6 is 15.8 Å². The molecule has 0 bridgehead atoms. The lowest BCUT2D eigenvalue weighted by molar-refractivity contribution is 0.428. The third kappa shape index (κ3) is 7.40. The Kier molecular flexibility index (Phi) is 8.99. The van der Waals surface area contributed by atoms with Crippen molar-refractivity contribution in [2.45, 2.75) is 93.4 Å². The molecule has 1 aliphatic carbocycles. The average molecular weight is 537 g/mol. The molecule has 3 rings (SSSR count). The van der Waals surface area contributed by atoms with Crippen LogP contribution in [0.3, 0.4) is 0 Å². The molecule has 202 valence electrons. The molecule has 1 atom stereocenters. The van der Waals surface area contributed by atoms with Gasteiger partial charge in [0, 0.05) is 32.4 Å². The first-order valence-corrected chi connectivity index (χ1v) is 16.8. The summed E-state index contributed by atoms with van der Waals surface area (Å²) >= 11 is 0. The molecule has 1 aliphatic rings. The molecule has 2 heterocycles. The summed E-state index contributed by atoms with van der Waals surface area (Å²) in [5, 5.41) is 0.581. The summed E-state index contributed by atoms with van der Waals surface area (Å²) in [4.78, 5) is 9.70. The topological polar surface area (TPSA) is 25.8 Å². The van der Waals surface area contributed by atoms with Crippen molar-refractivity contribution < 1.29 is 0 Å². The van der Waals surface area contributed by atoms with Gasteiger partial charge in [-0.05, 0) is 57.1 Å². The third-order valence-electron chi connectivity index (χ3n) is 7.21. The van der Waals surface area contributed by atoms with Crippen molar-refractivity contribution in [3.63, 3.8) is 0 Å². The predicted octanol–water partition coefficient (Wildman–Crippen LogP) is 8.93. The Labute approximate surface area is 230 Å². The molecule has 0 N–H and O–H groups in total. The van der Waals surface area contributed by atoms with Crippen LogP contribution in [-0.2, 0) is 0 Å². The highest BCUT2D eigenvalue weighted by Gasteiger charge is 2.43. The second kappa shape index (κ2) is 11.0. The summed E-state index contributed by atoms with van der Waals surface area (Å²) in [5.41, 5.74) is 7.37. The zero-order valence-electron chi connectivity index (χ0n) is 25.5. The van der Waals surface area contributed by atoms with Crippen LogP contribution in [0.15, 0.2) is 71.6 Å². The fourth-order valence-electron chi connectivity index (χ4n) is 5.87. The van der Waals surface area contributed by atoms with Gasteiger partial charge in [-0.3, -0.25) is 9.97 Å². The number of allylic oxidation sites excluding steroid dienone is 4. The van der Waals surface area contributed by atoms with Crippen molar-refractivity contribution in [3.8, 4) is 0 Å². The summed E-state index contributed by atoms with van der Waals surface area (Å²) < 4.78 is 0. The smallest absolute Gasteiger partial charge is 0.0695 e. The van der Waals surface area contributed by atoms with Gasteiger partial charge in [0.2, 0.25) is 0 Å². The number of rotatable bonds is 6. The first-order valence-electron chi connectivity index (χ1n) is 13.7. The minimum atomic E-state index is -0.690. The van der Waals surface area contributed by atoms with E-state index in [0.717, 1.165) is 6.16 Å². The summed E-state index contributed by atoms with van der Waals surface area (Å²) in [5.74, 6) is 0.469. The van der Waals surface area contributed by atoms with Gasteiger partial charge in [-0.1, -0.05) is 120 Å². The van der Waals surface area contributed by atoms with Crippen molar-refractivity contribution in [1.82, 2.24) is 9.97 Å². The lowest BCUT2D eigenvalue weighted by Crippen LogP contribution is -2.32. The Morgan fingerprint density at radius 1 is 0.676 bits per heavy atom. The lowest BCUT2D eigenvalue weighted by atomic mass is 9.73. The molecule has 0 amide bonds. The van der Waals surface area contributed by atoms with Crippen LogP contribution in [-0.4, -0.2) is 32.6 Å². The molecular formula is C33H50N2P2. The Bertz CT molecular complexity index is 1050. The van der Waals surface area contributed by atoms with Crippen molar-refractivity contribution in [2.24, 2.45) is 16.7 Å². The second-order valence-corrected chi connectivity index (χ2v) is 20.5. The maximum atomic E-state index is 4.85. The number of pyridine rings is 2. The first kappa shape index (κ1) is 30.2. The molecule has 0 spiro atoms. The van der Waals surface area contributed by atoms with Gasteiger partial charge in [-0.2, -0.15) is 0 Å². The molecule has 1 unspecified atom stereocenters. The number of hydrogen-bond donors (Lipinski definition) is 0. The predicted molar refractivity (Wildman–Crippen MR) is 168 cm³/mol. The van der Waals surface area contributed by atoms with E-state index in [1.54, 1.807) is 16.7 Å². The lowest BCUT2D eigenvalue weighted by Gasteiger charge is -2.45. The van der Waals surface area contributed by atoms with Crippen LogP contribution in [0.25, 0.3) is 0 Å². The zero-order valence-corrected chi connectivity index (χ0v) is 27.3. The fourth-order valence-corrected chi connectivity index (χ4v) is 11.9. The molecule has 0 aliphatic heterocycles. The van der Waals surface area contributed by atoms with Crippen molar-refractivity contribution in [1.29, 1.82) is 0 Å². The summed E-state index contributed by atoms with van der Waals surface area (Å²) in [6, 6.07) is 12.7. The second-order valence-electron chi connectivity index (χ2n) is 14.5. The highest BCUT2D eigenvalue weighted by Crippen LogP contribution is 2.63. The average Bonchev–Trinajstić information content (AvgIpc) is 3.14. The van der Waals surface area contributed by atoms with Gasteiger partial charge in [0.05, 0.1) is 10.9 Å². The molecule has 0 fully saturated rings. The highest BCUT2D eigenvalue weighted by atomic mass is 31.1. The molecular weight excluding hydrogens is 486 g/mol. The Hall–Kier alpha value is -1.36. The van der Waals surface area contributed by atoms with Gasteiger partial charge in [0.1, 0.15) is 0 Å². The standard InChI is InChI=1S/C33H50N2P2/c1-30(2,3)26-21-24(22-36(27-17-13-15-19-34-27)28-18-14-16-20-35-28)25(29(26)31(4,5)6)23-37(32(7,8)9)33(10,11)12/h13-21,25H,22-23H2,1-12H3. The molecule has 0 radical (unpaired) electrons. The van der Waals surface area contributed by atoms with Gasteiger partial charge in [0.15, 0.2) is 0 Å². The monoisotopic (exact) mass is 536 g/mol. The fraction of sp³-hybridized carbons (Fsp3) is 0.576. The van der Waals surface area contributed by atoms with Crippen molar-refractivity contribution >= 4 is 26.7 Å². The van der Waals surface area contributed by atoms with Crippen LogP contribution in [0.5, 0.6) is 0 Å². The quantitative estimate of drug-likeness (QED) is 0.345. The van der Waals surface area contributed by atoms with E-state index in [9.17, 15) is 0 Å². The zero-order chi connectivity index (χ0) is 27.8. The number of aromatic nitrogens is 2. The van der Waals surface area contributed by atoms with Crippen LogP contribution in [0, 0.1) is 16.7 Å². The molecule has 4 heteroatoms. The minimum Gasteiger partial charge on any atom is -0.256 e. The van der Waals surface area contributed by atoms with Gasteiger partial charge >= 0.3 is 0 Å². The van der Waals surface area contributed by atoms with E-state index in [1.807, 2.05) is 24.5 Å². The molecule has 0 saturated carbocycles. The van der Waals surface area contributed by atoms with Crippen LogP contribution < -0.4 is 10.9 Å². The summed E-state index contributed by atoms with van der Waals surface area (Å²) in [6.07, 6.45) is 8.74. The van der Waals surface area contributed by atoms with Gasteiger partial charge < -0.3 is 0 Å². The van der Waals surface area contributed by atoms with Gasteiger partial charge in [0.25, 0.3) is 0 Å². The molecule has 0 saturated heterocycles. The SMILES string of the molecule is CC(C)(C)C1=C(C(C)(C)C)C(CP(C(C)(C)C)C(C)(C)C)C(CP(c2ccccn2)c2ccccn2)=C1. The first-order chi connectivity index (χ1) is 16.9. The highest BCUT2D eigenvalue weighted by molar-refractivity contribution is 7.72. The normalized spacial score (nSPS) is 17.7. The maximum Gasteiger partial charge on any atom is 0.0695 e. The van der Waals surface area contributed by atoms with E-state index in [-0.39, 0.29) is 18.8 Å². The largest absolute Gasteiger partial charge is 0.256 e. The summed E-state index contributed by atoms with van der Waals surface area (Å²) in [6.45, 7) is 29.2. The van der Waals surface area contributed by atoms with Crippen LogP contribution in [0.4, 0.5) is 0 Å². The van der Waals surface area contributed by atoms with E-state index < -0.39 is 7.92 Å². The van der Waals surface area contributed by atoms with Crippen LogP contribution in [0.1, 0.15) is 83.1 Å². The maximum absolute atomic E-state index is 4.85. The third-order valence-corrected chi connectivity index (χ3v) is 13.5. The van der Waals surface area contributed by atoms with E-state index in [0.29, 0.717) is 16.2 Å². The van der Waals surface area contributed by atoms with Gasteiger partial charge in [-0.15, -0.1) is 0 Å². The summed E-state index contributed by atoms with van der Waals surface area (Å²) in [7, 11) is -0.931. The Balaban J connectivity index is 2.17. The van der Waals surface area contributed by atoms with E-state index in [1.165, 1.54) is 17.0 Å². The Morgan fingerprint density at radius 3 is 1.51 bits per heavy atom. The number of nitrogens with zero attached hydrogens (tertiary/aromatic N) is 2. The minimum absolute atomic E-state index is 0.105. The molecule has 0 aromatic carbocycles. The Morgan fingerprint density at radius 2 is 1.16 bits per heavy atom. The molecule has 2 nitrogen and oxygen atoms in total. The van der Waals surface area contributed by atoms with E-state index >= 15 is 0 Å². The molecule has 2 aromatic heterocycles. The molecule has 2 aromatic rings. The van der Waals surface area contributed by atoms with E-state index in [4.69, 9.17) is 9.97 Å². The van der Waals surface area contributed by atoms with Crippen molar-refractivity contribution in [2.75, 3.05) is 12.3 Å².